The highest BCUT2D eigenvalue weighted by Gasteiger charge is 2.08. The van der Waals surface area contributed by atoms with Crippen molar-refractivity contribution in [1.82, 2.24) is 0 Å². The maximum Gasteiger partial charge on any atom is 0.135 e. The van der Waals surface area contributed by atoms with Crippen LogP contribution in [0, 0.1) is 0 Å². The van der Waals surface area contributed by atoms with Crippen LogP contribution in [0.15, 0.2) is 30.8 Å². The molecule has 0 aliphatic carbocycles. The van der Waals surface area contributed by atoms with E-state index in [2.05, 4.69) is 30.8 Å². The van der Waals surface area contributed by atoms with Gasteiger partial charge in [0.25, 0.3) is 0 Å². The molecule has 0 aliphatic heterocycles. The molecule has 0 N–H and O–H groups in total. The molecule has 0 fully saturated rings. The largest absolute Gasteiger partial charge is 0.357 e. The van der Waals surface area contributed by atoms with Crippen LogP contribution in [0.2, 0.25) is 0 Å². The molecule has 0 bridgehead atoms. The Kier molecular flexibility index (Phi) is 6.85. The van der Waals surface area contributed by atoms with Crippen LogP contribution in [0.3, 0.4) is 0 Å². The molecule has 0 radical (unpaired) electrons. The summed E-state index contributed by atoms with van der Waals surface area (Å²) in [5, 5.41) is 0. The topological polar surface area (TPSA) is 18.5 Å². The third-order valence-electron chi connectivity index (χ3n) is 2.59. The van der Waals surface area contributed by atoms with Gasteiger partial charge in [-0.15, -0.1) is 0 Å². The Balaban J connectivity index is 2.43. The molecule has 0 atom stereocenters. The minimum atomic E-state index is -0.384. The van der Waals surface area contributed by atoms with E-state index in [1.54, 1.807) is 0 Å². The van der Waals surface area contributed by atoms with Gasteiger partial charge in [-0.1, -0.05) is 42.5 Å². The number of ether oxygens (including phenoxy) is 2. The van der Waals surface area contributed by atoms with Crippen molar-refractivity contribution in [1.29, 1.82) is 0 Å². The van der Waals surface area contributed by atoms with Crippen molar-refractivity contribution < 1.29 is 9.47 Å². The summed E-state index contributed by atoms with van der Waals surface area (Å²) in [6.45, 7) is 9.24. The average Bonchev–Trinajstić information content (AvgIpc) is 2.37. The van der Waals surface area contributed by atoms with Gasteiger partial charge in [-0.05, 0) is 25.5 Å². The summed E-state index contributed by atoms with van der Waals surface area (Å²) < 4.78 is 11.1. The monoisotopic (exact) mass is 250 g/mol. The zero-order chi connectivity index (χ0) is 12.5. The molecule has 0 heterocycles. The fourth-order valence-corrected chi connectivity index (χ4v) is 3.40. The summed E-state index contributed by atoms with van der Waals surface area (Å²) in [7, 11) is -0.384. The first-order chi connectivity index (χ1) is 8.30. The van der Waals surface area contributed by atoms with Gasteiger partial charge in [0, 0.05) is 13.2 Å². The first-order valence-corrected chi connectivity index (χ1v) is 8.06. The van der Waals surface area contributed by atoms with Crippen LogP contribution >= 0.6 is 0 Å². The standard InChI is InChI=1S/C14H22O2Si/c1-4-12-7-9-13(10-8-12)11-17-14(15-5-2)16-6-3/h4,7-10,14H,1,5-6,11,17H2,2-3H3. The maximum atomic E-state index is 5.57. The first-order valence-electron chi connectivity index (χ1n) is 6.24. The van der Waals surface area contributed by atoms with Crippen LogP contribution in [-0.4, -0.2) is 28.6 Å². The van der Waals surface area contributed by atoms with Crippen molar-refractivity contribution in [2.75, 3.05) is 13.2 Å². The van der Waals surface area contributed by atoms with Crippen LogP contribution in [0.1, 0.15) is 25.0 Å². The van der Waals surface area contributed by atoms with Crippen molar-refractivity contribution in [2.45, 2.75) is 25.8 Å². The molecule has 2 nitrogen and oxygen atoms in total. The molecular weight excluding hydrogens is 228 g/mol. The smallest absolute Gasteiger partial charge is 0.135 e. The number of hydrogen-bond donors (Lipinski definition) is 0. The number of benzene rings is 1. The summed E-state index contributed by atoms with van der Waals surface area (Å²) >= 11 is 0. The summed E-state index contributed by atoms with van der Waals surface area (Å²) in [6.07, 6.45) is 1.87. The van der Waals surface area contributed by atoms with Crippen molar-refractivity contribution in [3.8, 4) is 0 Å². The quantitative estimate of drug-likeness (QED) is 0.521. The van der Waals surface area contributed by atoms with Gasteiger partial charge in [0.2, 0.25) is 0 Å². The van der Waals surface area contributed by atoms with E-state index < -0.39 is 0 Å². The Bertz CT molecular complexity index is 315. The number of hydrogen-bond acceptors (Lipinski definition) is 2. The Morgan fingerprint density at radius 2 is 1.76 bits per heavy atom. The van der Waals surface area contributed by atoms with Gasteiger partial charge in [0.1, 0.15) is 5.91 Å². The first kappa shape index (κ1) is 14.2. The molecule has 0 saturated carbocycles. The van der Waals surface area contributed by atoms with Gasteiger partial charge in [0.05, 0.1) is 9.52 Å². The highest BCUT2D eigenvalue weighted by atomic mass is 28.2. The van der Waals surface area contributed by atoms with E-state index in [4.69, 9.17) is 9.47 Å². The third kappa shape index (κ3) is 5.30. The predicted molar refractivity (Wildman–Crippen MR) is 75.8 cm³/mol. The molecule has 1 aromatic carbocycles. The Morgan fingerprint density at radius 3 is 2.24 bits per heavy atom. The predicted octanol–water partition coefficient (Wildman–Crippen LogP) is 2.36. The minimum absolute atomic E-state index is 0.0593. The van der Waals surface area contributed by atoms with Gasteiger partial charge < -0.3 is 9.47 Å². The lowest BCUT2D eigenvalue weighted by atomic mass is 10.1. The zero-order valence-electron chi connectivity index (χ0n) is 10.8. The second-order valence-electron chi connectivity index (χ2n) is 3.82. The van der Waals surface area contributed by atoms with Crippen molar-refractivity contribution >= 4 is 15.6 Å². The van der Waals surface area contributed by atoms with Crippen molar-refractivity contribution in [2.24, 2.45) is 0 Å². The Hall–Kier alpha value is -0.903. The van der Waals surface area contributed by atoms with Gasteiger partial charge in [0.15, 0.2) is 0 Å². The maximum absolute atomic E-state index is 5.57. The molecule has 94 valence electrons. The molecule has 17 heavy (non-hydrogen) atoms. The van der Waals surface area contributed by atoms with E-state index in [-0.39, 0.29) is 15.4 Å². The summed E-state index contributed by atoms with van der Waals surface area (Å²) in [6, 6.07) is 9.65. The SMILES string of the molecule is C=Cc1ccc(C[SiH2]C(OCC)OCC)cc1. The molecule has 0 unspecified atom stereocenters. The van der Waals surface area contributed by atoms with Crippen molar-refractivity contribution in [3.05, 3.63) is 42.0 Å². The van der Waals surface area contributed by atoms with Crippen LogP contribution in [-0.2, 0) is 15.5 Å². The van der Waals surface area contributed by atoms with Gasteiger partial charge in [-0.2, -0.15) is 0 Å². The molecular formula is C14H22O2Si. The lowest BCUT2D eigenvalue weighted by Gasteiger charge is -2.16. The second kappa shape index (κ2) is 8.23. The molecule has 0 aliphatic rings. The summed E-state index contributed by atoms with van der Waals surface area (Å²) in [5.74, 6) is 0.0593. The van der Waals surface area contributed by atoms with Crippen LogP contribution in [0.4, 0.5) is 0 Å². The summed E-state index contributed by atoms with van der Waals surface area (Å²) in [5.41, 5.74) is 2.54. The normalized spacial score (nSPS) is 11.5. The molecule has 0 spiro atoms. The van der Waals surface area contributed by atoms with E-state index in [0.717, 1.165) is 19.3 Å². The zero-order valence-corrected chi connectivity index (χ0v) is 12.2. The van der Waals surface area contributed by atoms with E-state index in [1.165, 1.54) is 11.1 Å². The van der Waals surface area contributed by atoms with E-state index >= 15 is 0 Å². The van der Waals surface area contributed by atoms with E-state index in [1.807, 2.05) is 19.9 Å². The molecule has 0 saturated heterocycles. The van der Waals surface area contributed by atoms with Crippen LogP contribution in [0.25, 0.3) is 6.08 Å². The highest BCUT2D eigenvalue weighted by Crippen LogP contribution is 2.07. The van der Waals surface area contributed by atoms with Crippen LogP contribution in [0.5, 0.6) is 0 Å². The average molecular weight is 250 g/mol. The van der Waals surface area contributed by atoms with E-state index in [9.17, 15) is 0 Å². The molecule has 3 heteroatoms. The second-order valence-corrected chi connectivity index (χ2v) is 5.57. The Morgan fingerprint density at radius 1 is 1.18 bits per heavy atom. The fraction of sp³-hybridized carbons (Fsp3) is 0.429. The third-order valence-corrected chi connectivity index (χ3v) is 4.40. The van der Waals surface area contributed by atoms with Crippen LogP contribution < -0.4 is 0 Å². The van der Waals surface area contributed by atoms with Gasteiger partial charge in [-0.25, -0.2) is 0 Å². The fourth-order valence-electron chi connectivity index (χ4n) is 1.69. The van der Waals surface area contributed by atoms with Gasteiger partial charge in [-0.3, -0.25) is 0 Å². The van der Waals surface area contributed by atoms with Crippen molar-refractivity contribution in [3.63, 3.8) is 0 Å². The Labute approximate surface area is 106 Å². The number of rotatable bonds is 8. The lowest BCUT2D eigenvalue weighted by molar-refractivity contribution is -0.0828. The minimum Gasteiger partial charge on any atom is -0.357 e. The summed E-state index contributed by atoms with van der Waals surface area (Å²) in [4.78, 5) is 0. The van der Waals surface area contributed by atoms with Gasteiger partial charge >= 0.3 is 0 Å². The molecule has 0 aromatic heterocycles. The molecule has 0 amide bonds. The molecule has 1 rings (SSSR count). The highest BCUT2D eigenvalue weighted by molar-refractivity contribution is 6.36. The van der Waals surface area contributed by atoms with E-state index in [0.29, 0.717) is 0 Å². The lowest BCUT2D eigenvalue weighted by Crippen LogP contribution is -2.26. The molecule has 1 aromatic rings.